The minimum absolute atomic E-state index is 0.0331. The van der Waals surface area contributed by atoms with Crippen molar-refractivity contribution < 1.29 is 9.53 Å². The monoisotopic (exact) mass is 304 g/mol. The van der Waals surface area contributed by atoms with Gasteiger partial charge in [0.2, 0.25) is 5.91 Å². The van der Waals surface area contributed by atoms with Crippen molar-refractivity contribution in [2.24, 2.45) is 0 Å². The minimum Gasteiger partial charge on any atom is -0.378 e. The van der Waals surface area contributed by atoms with E-state index in [9.17, 15) is 4.79 Å². The average molecular weight is 304 g/mol. The summed E-state index contributed by atoms with van der Waals surface area (Å²) >= 11 is 0. The Morgan fingerprint density at radius 1 is 1.41 bits per heavy atom. The van der Waals surface area contributed by atoms with Crippen LogP contribution in [0.1, 0.15) is 24.8 Å². The molecule has 120 valence electrons. The molecule has 22 heavy (non-hydrogen) atoms. The number of nitrogens with zero attached hydrogens (tertiary/aromatic N) is 2. The maximum atomic E-state index is 12.1. The second-order valence-corrected chi connectivity index (χ2v) is 5.84. The second kappa shape index (κ2) is 7.56. The van der Waals surface area contributed by atoms with Gasteiger partial charge >= 0.3 is 0 Å². The molecule has 3 heterocycles. The van der Waals surface area contributed by atoms with Crippen molar-refractivity contribution in [2.75, 3.05) is 37.7 Å². The number of nitrogens with one attached hydrogen (secondary N) is 2. The lowest BCUT2D eigenvalue weighted by Crippen LogP contribution is -2.46. The third-order valence-corrected chi connectivity index (χ3v) is 4.24. The number of hydrogen-bond acceptors (Lipinski definition) is 5. The molecule has 1 unspecified atom stereocenters. The highest BCUT2D eigenvalue weighted by Crippen LogP contribution is 2.14. The zero-order valence-electron chi connectivity index (χ0n) is 12.9. The van der Waals surface area contributed by atoms with E-state index in [4.69, 9.17) is 4.74 Å². The van der Waals surface area contributed by atoms with Crippen LogP contribution in [0.15, 0.2) is 18.3 Å². The topological polar surface area (TPSA) is 66.5 Å². The molecule has 6 nitrogen and oxygen atoms in total. The smallest absolute Gasteiger partial charge is 0.237 e. The van der Waals surface area contributed by atoms with E-state index >= 15 is 0 Å². The predicted octanol–water partition coefficient (Wildman–Crippen LogP) is 0.676. The van der Waals surface area contributed by atoms with E-state index in [0.717, 1.165) is 63.5 Å². The predicted molar refractivity (Wildman–Crippen MR) is 84.8 cm³/mol. The Hall–Kier alpha value is -1.66. The highest BCUT2D eigenvalue weighted by Gasteiger charge is 2.20. The van der Waals surface area contributed by atoms with Crippen molar-refractivity contribution in [3.05, 3.63) is 23.9 Å². The standard InChI is InChI=1S/C16H24N4O2/c21-16(14-3-1-2-5-17-14)19-12-13-4-6-18-15(11-13)20-7-9-22-10-8-20/h4,6,11,14,17H,1-3,5,7-10,12H2,(H,19,21). The van der Waals surface area contributed by atoms with Gasteiger partial charge in [0, 0.05) is 25.8 Å². The van der Waals surface area contributed by atoms with Gasteiger partial charge in [0.15, 0.2) is 0 Å². The summed E-state index contributed by atoms with van der Waals surface area (Å²) in [6, 6.07) is 3.98. The Morgan fingerprint density at radius 2 is 2.27 bits per heavy atom. The molecule has 3 rings (SSSR count). The van der Waals surface area contributed by atoms with Crippen LogP contribution in [-0.4, -0.2) is 49.8 Å². The molecule has 2 aliphatic rings. The highest BCUT2D eigenvalue weighted by molar-refractivity contribution is 5.81. The van der Waals surface area contributed by atoms with Gasteiger partial charge in [-0.05, 0) is 37.1 Å². The van der Waals surface area contributed by atoms with Crippen LogP contribution in [0.3, 0.4) is 0 Å². The molecule has 2 aliphatic heterocycles. The Balaban J connectivity index is 1.54. The zero-order chi connectivity index (χ0) is 15.2. The molecule has 2 fully saturated rings. The fourth-order valence-electron chi connectivity index (χ4n) is 2.92. The van der Waals surface area contributed by atoms with Crippen LogP contribution in [-0.2, 0) is 16.1 Å². The summed E-state index contributed by atoms with van der Waals surface area (Å²) in [5.74, 6) is 1.07. The quantitative estimate of drug-likeness (QED) is 0.856. The van der Waals surface area contributed by atoms with Crippen LogP contribution in [0.5, 0.6) is 0 Å². The third kappa shape index (κ3) is 3.96. The molecule has 0 aromatic carbocycles. The van der Waals surface area contributed by atoms with Gasteiger partial charge in [-0.25, -0.2) is 4.98 Å². The Labute approximate surface area is 131 Å². The summed E-state index contributed by atoms with van der Waals surface area (Å²) in [4.78, 5) is 18.8. The van der Waals surface area contributed by atoms with Gasteiger partial charge in [0.1, 0.15) is 5.82 Å². The maximum Gasteiger partial charge on any atom is 0.237 e. The van der Waals surface area contributed by atoms with Crippen LogP contribution in [0.25, 0.3) is 0 Å². The molecule has 0 saturated carbocycles. The van der Waals surface area contributed by atoms with Crippen molar-refractivity contribution >= 4 is 11.7 Å². The number of ether oxygens (including phenoxy) is 1. The molecule has 1 amide bonds. The van der Waals surface area contributed by atoms with Gasteiger partial charge in [-0.15, -0.1) is 0 Å². The first kappa shape index (κ1) is 15.2. The summed E-state index contributed by atoms with van der Waals surface area (Å²) in [6.45, 7) is 4.72. The van der Waals surface area contributed by atoms with Gasteiger partial charge in [-0.1, -0.05) is 6.42 Å². The molecule has 2 saturated heterocycles. The van der Waals surface area contributed by atoms with E-state index in [1.54, 1.807) is 0 Å². The SMILES string of the molecule is O=C(NCc1ccnc(N2CCOCC2)c1)C1CCCCN1. The second-order valence-electron chi connectivity index (χ2n) is 5.84. The molecule has 0 bridgehead atoms. The van der Waals surface area contributed by atoms with Crippen LogP contribution in [0, 0.1) is 0 Å². The van der Waals surface area contributed by atoms with E-state index in [1.807, 2.05) is 12.3 Å². The largest absolute Gasteiger partial charge is 0.378 e. The molecule has 1 aromatic heterocycles. The normalized spacial score (nSPS) is 22.4. The molecule has 0 spiro atoms. The molecular formula is C16H24N4O2. The maximum absolute atomic E-state index is 12.1. The number of pyridine rings is 1. The fourth-order valence-corrected chi connectivity index (χ4v) is 2.92. The number of carbonyl (C=O) groups excluding carboxylic acids is 1. The van der Waals surface area contributed by atoms with Crippen molar-refractivity contribution in [3.8, 4) is 0 Å². The van der Waals surface area contributed by atoms with Crippen LogP contribution in [0.4, 0.5) is 5.82 Å². The van der Waals surface area contributed by atoms with E-state index < -0.39 is 0 Å². The Bertz CT molecular complexity index is 497. The minimum atomic E-state index is -0.0331. The number of aromatic nitrogens is 1. The Morgan fingerprint density at radius 3 is 3.05 bits per heavy atom. The van der Waals surface area contributed by atoms with Crippen molar-refractivity contribution in [2.45, 2.75) is 31.8 Å². The Kier molecular flexibility index (Phi) is 5.24. The zero-order valence-corrected chi connectivity index (χ0v) is 12.9. The van der Waals surface area contributed by atoms with E-state index in [2.05, 4.69) is 26.6 Å². The molecule has 1 aromatic rings. The molecular weight excluding hydrogens is 280 g/mol. The van der Waals surface area contributed by atoms with E-state index in [1.165, 1.54) is 0 Å². The van der Waals surface area contributed by atoms with Gasteiger partial charge < -0.3 is 20.3 Å². The summed E-state index contributed by atoms with van der Waals surface area (Å²) in [7, 11) is 0. The van der Waals surface area contributed by atoms with Crippen molar-refractivity contribution in [1.29, 1.82) is 0 Å². The number of amides is 1. The average Bonchev–Trinajstić information content (AvgIpc) is 2.61. The summed E-state index contributed by atoms with van der Waals surface area (Å²) in [5.41, 5.74) is 1.08. The fraction of sp³-hybridized carbons (Fsp3) is 0.625. The summed E-state index contributed by atoms with van der Waals surface area (Å²) in [5, 5.41) is 6.30. The lowest BCUT2D eigenvalue weighted by molar-refractivity contribution is -0.123. The number of morpholine rings is 1. The van der Waals surface area contributed by atoms with Crippen LogP contribution >= 0.6 is 0 Å². The number of carbonyl (C=O) groups is 1. The summed E-state index contributed by atoms with van der Waals surface area (Å²) in [6.07, 6.45) is 5.03. The van der Waals surface area contributed by atoms with Gasteiger partial charge in [-0.2, -0.15) is 0 Å². The van der Waals surface area contributed by atoms with Gasteiger partial charge in [0.25, 0.3) is 0 Å². The van der Waals surface area contributed by atoms with Crippen molar-refractivity contribution in [1.82, 2.24) is 15.6 Å². The first-order chi connectivity index (χ1) is 10.8. The first-order valence-electron chi connectivity index (χ1n) is 8.11. The lowest BCUT2D eigenvalue weighted by atomic mass is 10.0. The summed E-state index contributed by atoms with van der Waals surface area (Å²) < 4.78 is 5.36. The molecule has 0 radical (unpaired) electrons. The number of anilines is 1. The molecule has 6 heteroatoms. The van der Waals surface area contributed by atoms with Gasteiger partial charge in [0.05, 0.1) is 19.3 Å². The molecule has 1 atom stereocenters. The highest BCUT2D eigenvalue weighted by atomic mass is 16.5. The third-order valence-electron chi connectivity index (χ3n) is 4.24. The van der Waals surface area contributed by atoms with E-state index in [-0.39, 0.29) is 11.9 Å². The van der Waals surface area contributed by atoms with Crippen LogP contribution in [0.2, 0.25) is 0 Å². The number of hydrogen-bond donors (Lipinski definition) is 2. The lowest BCUT2D eigenvalue weighted by Gasteiger charge is -2.28. The van der Waals surface area contributed by atoms with Crippen LogP contribution < -0.4 is 15.5 Å². The molecule has 2 N–H and O–H groups in total. The molecule has 0 aliphatic carbocycles. The first-order valence-corrected chi connectivity index (χ1v) is 8.11. The number of rotatable bonds is 4. The number of piperidine rings is 1. The van der Waals surface area contributed by atoms with Crippen molar-refractivity contribution in [3.63, 3.8) is 0 Å². The van der Waals surface area contributed by atoms with Gasteiger partial charge in [-0.3, -0.25) is 4.79 Å². The van der Waals surface area contributed by atoms with E-state index in [0.29, 0.717) is 6.54 Å².